The third-order valence-corrected chi connectivity index (χ3v) is 6.85. The van der Waals surface area contributed by atoms with Crippen molar-refractivity contribution in [2.45, 2.75) is 70.3 Å². The van der Waals surface area contributed by atoms with E-state index in [4.69, 9.17) is 21.1 Å². The lowest BCUT2D eigenvalue weighted by molar-refractivity contribution is -0.156. The fourth-order valence-electron chi connectivity index (χ4n) is 5.11. The first kappa shape index (κ1) is 24.9. The van der Waals surface area contributed by atoms with Crippen LogP contribution in [0, 0.1) is 17.1 Å². The summed E-state index contributed by atoms with van der Waals surface area (Å²) in [4.78, 5) is 8.76. The van der Waals surface area contributed by atoms with E-state index in [-0.39, 0.29) is 39.8 Å². The van der Waals surface area contributed by atoms with Crippen LogP contribution in [0.15, 0.2) is 18.3 Å². The molecule has 36 heavy (non-hydrogen) atoms. The first-order valence-electron chi connectivity index (χ1n) is 11.7. The summed E-state index contributed by atoms with van der Waals surface area (Å²) < 4.78 is 28.3. The van der Waals surface area contributed by atoms with Crippen molar-refractivity contribution in [1.82, 2.24) is 14.5 Å². The Morgan fingerprint density at radius 1 is 1.36 bits per heavy atom. The number of nitrogens with zero attached hydrogens (tertiary/aromatic N) is 4. The molecule has 2 fully saturated rings. The van der Waals surface area contributed by atoms with E-state index in [9.17, 15) is 15.5 Å². The van der Waals surface area contributed by atoms with E-state index in [1.807, 2.05) is 13.8 Å². The third kappa shape index (κ3) is 4.11. The molecular formula is C25H27ClFN5O4. The van der Waals surface area contributed by atoms with Crippen LogP contribution in [0.4, 0.5) is 10.3 Å². The van der Waals surface area contributed by atoms with Gasteiger partial charge in [-0.3, -0.25) is 0 Å². The van der Waals surface area contributed by atoms with E-state index < -0.39 is 29.9 Å². The Hall–Kier alpha value is -2.81. The van der Waals surface area contributed by atoms with Crippen molar-refractivity contribution in [2.75, 3.05) is 11.9 Å². The molecule has 0 aliphatic carbocycles. The molecule has 0 radical (unpaired) electrons. The molecule has 190 valence electrons. The second-order valence-corrected chi connectivity index (χ2v) is 10.4. The van der Waals surface area contributed by atoms with E-state index >= 15 is 4.39 Å². The molecule has 2 aliphatic rings. The summed E-state index contributed by atoms with van der Waals surface area (Å²) in [5.74, 6) is -0.406. The van der Waals surface area contributed by atoms with Gasteiger partial charge in [0.1, 0.15) is 23.6 Å². The molecule has 2 saturated heterocycles. The predicted molar refractivity (Wildman–Crippen MR) is 131 cm³/mol. The van der Waals surface area contributed by atoms with Gasteiger partial charge < -0.3 is 29.6 Å². The summed E-state index contributed by atoms with van der Waals surface area (Å²) in [7, 11) is 0. The molecule has 4 atom stereocenters. The van der Waals surface area contributed by atoms with Crippen molar-refractivity contribution < 1.29 is 24.1 Å². The number of ether oxygens (including phenoxy) is 2. The number of fused-ring (bicyclic) bond motifs is 3. The van der Waals surface area contributed by atoms with Gasteiger partial charge in [0.2, 0.25) is 5.95 Å². The number of benzene rings is 1. The van der Waals surface area contributed by atoms with Crippen LogP contribution >= 0.6 is 11.6 Å². The summed E-state index contributed by atoms with van der Waals surface area (Å²) in [5, 5.41) is 34.7. The van der Waals surface area contributed by atoms with Gasteiger partial charge in [-0.15, -0.1) is 0 Å². The standard InChI is InChI=1S/C25H27ClFN5O4/c1-11(2)32-18-6-12(5-16(27)19(18)14(8-28)22(32)25(3,4)34)20-15(26)9-29-24(31-20)30-17-7-13-10-35-23(36-13)21(17)33/h5-6,9,11,13,17,21,23,33-34H,7,10H2,1-4H3,(H,29,30,31)/t13-,17?,21+,23+/m1/s1. The number of hydrogen-bond donors (Lipinski definition) is 3. The highest BCUT2D eigenvalue weighted by Gasteiger charge is 2.43. The van der Waals surface area contributed by atoms with Crippen molar-refractivity contribution in [3.8, 4) is 17.3 Å². The van der Waals surface area contributed by atoms with Crippen LogP contribution in [0.3, 0.4) is 0 Å². The lowest BCUT2D eigenvalue weighted by Crippen LogP contribution is -2.48. The molecule has 0 saturated carbocycles. The van der Waals surface area contributed by atoms with Crippen molar-refractivity contribution in [1.29, 1.82) is 5.26 Å². The maximum atomic E-state index is 15.6. The average molecular weight is 516 g/mol. The molecule has 9 nitrogen and oxygen atoms in total. The van der Waals surface area contributed by atoms with Crippen LogP contribution in [-0.4, -0.2) is 55.9 Å². The summed E-state index contributed by atoms with van der Waals surface area (Å²) in [6.07, 6.45) is 0.197. The van der Waals surface area contributed by atoms with E-state index in [0.717, 1.165) is 0 Å². The van der Waals surface area contributed by atoms with Crippen LogP contribution in [0.25, 0.3) is 22.2 Å². The Morgan fingerprint density at radius 3 is 2.78 bits per heavy atom. The number of halogens is 2. The minimum absolute atomic E-state index is 0.0942. The Bertz CT molecular complexity index is 1380. The Balaban J connectivity index is 1.61. The van der Waals surface area contributed by atoms with Gasteiger partial charge in [0.05, 0.1) is 57.8 Å². The van der Waals surface area contributed by atoms with Crippen molar-refractivity contribution >= 4 is 28.5 Å². The van der Waals surface area contributed by atoms with E-state index in [1.165, 1.54) is 12.3 Å². The fraction of sp³-hybridized carbons (Fsp3) is 0.480. The van der Waals surface area contributed by atoms with Gasteiger partial charge in [0.25, 0.3) is 0 Å². The smallest absolute Gasteiger partial charge is 0.223 e. The third-order valence-electron chi connectivity index (χ3n) is 6.58. The number of nitriles is 1. The van der Waals surface area contributed by atoms with Gasteiger partial charge in [-0.05, 0) is 46.2 Å². The van der Waals surface area contributed by atoms with E-state index in [1.54, 1.807) is 24.5 Å². The fourth-order valence-corrected chi connectivity index (χ4v) is 5.31. The van der Waals surface area contributed by atoms with Gasteiger partial charge in [-0.25, -0.2) is 14.4 Å². The van der Waals surface area contributed by atoms with Crippen molar-refractivity contribution in [3.63, 3.8) is 0 Å². The molecule has 2 aromatic heterocycles. The highest BCUT2D eigenvalue weighted by molar-refractivity contribution is 6.33. The molecule has 3 aromatic rings. The molecule has 0 amide bonds. The van der Waals surface area contributed by atoms with Crippen molar-refractivity contribution in [3.05, 3.63) is 40.4 Å². The van der Waals surface area contributed by atoms with Gasteiger partial charge in [-0.2, -0.15) is 5.26 Å². The summed E-state index contributed by atoms with van der Waals surface area (Å²) in [6, 6.07) is 4.50. The zero-order valence-corrected chi connectivity index (χ0v) is 21.0. The van der Waals surface area contributed by atoms with Gasteiger partial charge in [-0.1, -0.05) is 11.6 Å². The van der Waals surface area contributed by atoms with Gasteiger partial charge >= 0.3 is 0 Å². The van der Waals surface area contributed by atoms with Crippen LogP contribution in [0.2, 0.25) is 5.02 Å². The lowest BCUT2D eigenvalue weighted by Gasteiger charge is -2.32. The molecule has 1 aromatic carbocycles. The SMILES string of the molecule is CC(C)n1c(C(C)(C)O)c(C#N)c2c(F)cc(-c3nc(NC4C[C@@H]5CO[C@@H](O5)[C@H]4O)ncc3Cl)cc21. The molecular weight excluding hydrogens is 489 g/mol. The van der Waals surface area contributed by atoms with Crippen LogP contribution in [-0.2, 0) is 15.1 Å². The number of hydrogen-bond acceptors (Lipinski definition) is 8. The largest absolute Gasteiger partial charge is 0.386 e. The molecule has 2 bridgehead atoms. The zero-order valence-electron chi connectivity index (χ0n) is 20.3. The zero-order chi connectivity index (χ0) is 25.9. The molecule has 2 aliphatic heterocycles. The molecule has 3 N–H and O–H groups in total. The number of rotatable bonds is 5. The maximum absolute atomic E-state index is 15.6. The van der Waals surface area contributed by atoms with Crippen LogP contribution in [0.5, 0.6) is 0 Å². The summed E-state index contributed by atoms with van der Waals surface area (Å²) in [6.45, 7) is 7.35. The summed E-state index contributed by atoms with van der Waals surface area (Å²) in [5.41, 5.74) is 0.182. The highest BCUT2D eigenvalue weighted by Crippen LogP contribution is 2.40. The maximum Gasteiger partial charge on any atom is 0.223 e. The second kappa shape index (κ2) is 8.94. The number of nitrogens with one attached hydrogen (secondary N) is 1. The van der Waals surface area contributed by atoms with Crippen LogP contribution < -0.4 is 5.32 Å². The number of anilines is 1. The van der Waals surface area contributed by atoms with Gasteiger partial charge in [0.15, 0.2) is 6.29 Å². The minimum Gasteiger partial charge on any atom is -0.386 e. The number of aromatic nitrogens is 3. The Labute approximate surface area is 212 Å². The molecule has 4 heterocycles. The molecule has 0 spiro atoms. The number of aliphatic hydroxyl groups excluding tert-OH is 1. The molecule has 1 unspecified atom stereocenters. The normalized spacial score (nSPS) is 23.9. The van der Waals surface area contributed by atoms with E-state index in [0.29, 0.717) is 29.8 Å². The van der Waals surface area contributed by atoms with Crippen molar-refractivity contribution in [2.24, 2.45) is 0 Å². The number of aliphatic hydroxyl groups is 2. The lowest BCUT2D eigenvalue weighted by atomic mass is 9.99. The summed E-state index contributed by atoms with van der Waals surface area (Å²) >= 11 is 6.44. The van der Waals surface area contributed by atoms with Crippen LogP contribution in [0.1, 0.15) is 51.4 Å². The Kier molecular flexibility index (Phi) is 6.17. The average Bonchev–Trinajstić information content (AvgIpc) is 3.38. The first-order valence-corrected chi connectivity index (χ1v) is 12.1. The quantitative estimate of drug-likeness (QED) is 0.468. The topological polar surface area (TPSA) is 125 Å². The Morgan fingerprint density at radius 2 is 2.11 bits per heavy atom. The van der Waals surface area contributed by atoms with E-state index in [2.05, 4.69) is 21.4 Å². The molecule has 11 heteroatoms. The first-order chi connectivity index (χ1) is 17.0. The monoisotopic (exact) mass is 515 g/mol. The highest BCUT2D eigenvalue weighted by atomic mass is 35.5. The molecule has 5 rings (SSSR count). The predicted octanol–water partition coefficient (Wildman–Crippen LogP) is 3.86. The second-order valence-electron chi connectivity index (χ2n) is 10.0. The van der Waals surface area contributed by atoms with Gasteiger partial charge in [0, 0.05) is 11.6 Å². The minimum atomic E-state index is -1.38.